The van der Waals surface area contributed by atoms with Gasteiger partial charge in [-0.15, -0.1) is 0 Å². The summed E-state index contributed by atoms with van der Waals surface area (Å²) < 4.78 is 19.5. The van der Waals surface area contributed by atoms with E-state index in [4.69, 9.17) is 38.9 Å². The van der Waals surface area contributed by atoms with Crippen molar-refractivity contribution in [3.8, 4) is 11.5 Å². The van der Waals surface area contributed by atoms with E-state index in [2.05, 4.69) is 21.1 Å². The van der Waals surface area contributed by atoms with E-state index in [9.17, 15) is 4.39 Å². The molecule has 0 radical (unpaired) electrons. The molecule has 4 nitrogen and oxygen atoms in total. The second-order valence-electron chi connectivity index (χ2n) is 3.93. The van der Waals surface area contributed by atoms with Gasteiger partial charge in [-0.3, -0.25) is 0 Å². The summed E-state index contributed by atoms with van der Waals surface area (Å²) >= 11 is 14.9. The van der Waals surface area contributed by atoms with Crippen molar-refractivity contribution < 1.29 is 14.3 Å². The van der Waals surface area contributed by atoms with Gasteiger partial charge in [0.25, 0.3) is 0 Å². The van der Waals surface area contributed by atoms with E-state index >= 15 is 0 Å². The highest BCUT2D eigenvalue weighted by atomic mass is 79.9. The van der Waals surface area contributed by atoms with Crippen LogP contribution in [0.1, 0.15) is 5.56 Å². The Balaban J connectivity index is 2.33. The smallest absolute Gasteiger partial charge is 0.171 e. The third-order valence-electron chi connectivity index (χ3n) is 2.53. The molecule has 2 rings (SSSR count). The quantitative estimate of drug-likeness (QED) is 0.259. The van der Waals surface area contributed by atoms with Crippen LogP contribution in [0.3, 0.4) is 0 Å². The molecule has 2 aromatic rings. The number of rotatable bonds is 3. The highest BCUT2D eigenvalue weighted by Gasteiger charge is 2.11. The molecule has 21 heavy (non-hydrogen) atoms. The zero-order valence-electron chi connectivity index (χ0n) is 10.3. The van der Waals surface area contributed by atoms with Crippen LogP contribution in [0.4, 0.5) is 4.39 Å². The van der Waals surface area contributed by atoms with Crippen molar-refractivity contribution in [2.24, 2.45) is 10.9 Å². The largest absolute Gasteiger partial charge is 0.456 e. The van der Waals surface area contributed by atoms with Gasteiger partial charge in [0.15, 0.2) is 5.84 Å². The molecular weight excluding hydrogens is 386 g/mol. The summed E-state index contributed by atoms with van der Waals surface area (Å²) in [4.78, 5) is 0. The first-order chi connectivity index (χ1) is 9.92. The predicted molar refractivity (Wildman–Crippen MR) is 83.1 cm³/mol. The Morgan fingerprint density at radius 3 is 2.57 bits per heavy atom. The monoisotopic (exact) mass is 392 g/mol. The molecule has 2 aromatic carbocycles. The summed E-state index contributed by atoms with van der Waals surface area (Å²) in [6.45, 7) is 0. The van der Waals surface area contributed by atoms with Crippen LogP contribution >= 0.6 is 39.1 Å². The molecule has 0 aliphatic carbocycles. The van der Waals surface area contributed by atoms with Gasteiger partial charge >= 0.3 is 0 Å². The van der Waals surface area contributed by atoms with Crippen LogP contribution in [0.25, 0.3) is 0 Å². The molecule has 0 unspecified atom stereocenters. The fourth-order valence-electron chi connectivity index (χ4n) is 1.53. The summed E-state index contributed by atoms with van der Waals surface area (Å²) in [6.07, 6.45) is 0. The van der Waals surface area contributed by atoms with Gasteiger partial charge in [0.2, 0.25) is 0 Å². The van der Waals surface area contributed by atoms with E-state index in [0.717, 1.165) is 6.07 Å². The molecule has 0 atom stereocenters. The van der Waals surface area contributed by atoms with Crippen LogP contribution in [-0.4, -0.2) is 11.0 Å². The van der Waals surface area contributed by atoms with Crippen molar-refractivity contribution in [2.45, 2.75) is 0 Å². The molecule has 0 aromatic heterocycles. The van der Waals surface area contributed by atoms with Crippen molar-refractivity contribution in [3.63, 3.8) is 0 Å². The van der Waals surface area contributed by atoms with Crippen molar-refractivity contribution in [2.75, 3.05) is 0 Å². The lowest BCUT2D eigenvalue weighted by molar-refractivity contribution is 0.318. The van der Waals surface area contributed by atoms with Gasteiger partial charge in [-0.2, -0.15) is 0 Å². The molecule has 0 aliphatic rings. The number of oxime groups is 1. The average molecular weight is 394 g/mol. The molecule has 0 bridgehead atoms. The van der Waals surface area contributed by atoms with Crippen molar-refractivity contribution in [3.05, 3.63) is 56.2 Å². The van der Waals surface area contributed by atoms with Crippen LogP contribution in [0, 0.1) is 5.82 Å². The molecule has 0 aliphatic heterocycles. The van der Waals surface area contributed by atoms with Crippen molar-refractivity contribution in [1.29, 1.82) is 0 Å². The Kier molecular flexibility index (Phi) is 4.92. The third-order valence-corrected chi connectivity index (χ3v) is 3.75. The molecule has 0 amide bonds. The van der Waals surface area contributed by atoms with Crippen LogP contribution in [0.5, 0.6) is 11.5 Å². The van der Waals surface area contributed by atoms with E-state index in [1.807, 2.05) is 0 Å². The second-order valence-corrected chi connectivity index (χ2v) is 5.59. The first kappa shape index (κ1) is 15.9. The molecule has 0 spiro atoms. The third kappa shape index (κ3) is 3.58. The molecule has 3 N–H and O–H groups in total. The molecule has 0 saturated heterocycles. The van der Waals surface area contributed by atoms with Crippen molar-refractivity contribution >= 4 is 45.0 Å². The first-order valence-corrected chi connectivity index (χ1v) is 7.07. The minimum absolute atomic E-state index is 0.0189. The Labute approximate surface area is 138 Å². The Bertz CT molecular complexity index is 726. The van der Waals surface area contributed by atoms with Crippen LogP contribution in [0.2, 0.25) is 10.0 Å². The lowest BCUT2D eigenvalue weighted by Crippen LogP contribution is -2.13. The van der Waals surface area contributed by atoms with Crippen LogP contribution in [0.15, 0.2) is 40.0 Å². The van der Waals surface area contributed by atoms with Gasteiger partial charge in [0.05, 0.1) is 14.5 Å². The topological polar surface area (TPSA) is 67.8 Å². The van der Waals surface area contributed by atoms with Crippen LogP contribution < -0.4 is 10.5 Å². The fourth-order valence-corrected chi connectivity index (χ4v) is 2.52. The lowest BCUT2D eigenvalue weighted by Gasteiger charge is -2.10. The van der Waals surface area contributed by atoms with Gasteiger partial charge in [-0.1, -0.05) is 28.4 Å². The van der Waals surface area contributed by atoms with Gasteiger partial charge in [-0.25, -0.2) is 4.39 Å². The number of benzene rings is 2. The summed E-state index contributed by atoms with van der Waals surface area (Å²) in [7, 11) is 0. The Morgan fingerprint density at radius 2 is 1.95 bits per heavy atom. The van der Waals surface area contributed by atoms with Crippen molar-refractivity contribution in [1.82, 2.24) is 0 Å². The zero-order valence-corrected chi connectivity index (χ0v) is 13.4. The number of amidine groups is 1. The minimum atomic E-state index is -0.603. The lowest BCUT2D eigenvalue weighted by atomic mass is 10.2. The van der Waals surface area contributed by atoms with E-state index in [-0.39, 0.29) is 21.6 Å². The highest BCUT2D eigenvalue weighted by molar-refractivity contribution is 9.10. The van der Waals surface area contributed by atoms with E-state index in [1.54, 1.807) is 6.07 Å². The van der Waals surface area contributed by atoms with Gasteiger partial charge in [-0.05, 0) is 34.1 Å². The first-order valence-electron chi connectivity index (χ1n) is 5.52. The number of nitrogens with zero attached hydrogens (tertiary/aromatic N) is 1. The molecule has 0 saturated carbocycles. The second kappa shape index (κ2) is 6.51. The number of hydrogen-bond acceptors (Lipinski definition) is 3. The molecule has 110 valence electrons. The molecule has 0 heterocycles. The normalized spacial score (nSPS) is 11.5. The molecular formula is C13H8BrCl2FN2O2. The highest BCUT2D eigenvalue weighted by Crippen LogP contribution is 2.34. The maximum atomic E-state index is 13.4. The number of hydrogen-bond donors (Lipinski definition) is 2. The standard InChI is InChI=1S/C13H8BrCl2FN2O2/c14-8-4-10(16)11(17)5-12(8)21-6-1-2-7(9(15)3-6)13(18)19-20/h1-5,20H,(H2,18,19). The zero-order chi connectivity index (χ0) is 15.6. The maximum Gasteiger partial charge on any atom is 0.171 e. The van der Waals surface area contributed by atoms with E-state index in [0.29, 0.717) is 15.8 Å². The summed E-state index contributed by atoms with van der Waals surface area (Å²) in [5.74, 6) is -0.124. The van der Waals surface area contributed by atoms with Gasteiger partial charge in [0, 0.05) is 17.7 Å². The Morgan fingerprint density at radius 1 is 1.24 bits per heavy atom. The SMILES string of the molecule is N/C(=N/O)c1ccc(Oc2cc(F)c(Cl)cc2Br)cc1Cl. The van der Waals surface area contributed by atoms with Gasteiger partial charge in [0.1, 0.15) is 17.3 Å². The van der Waals surface area contributed by atoms with Crippen LogP contribution in [-0.2, 0) is 0 Å². The number of halogens is 4. The maximum absolute atomic E-state index is 13.4. The summed E-state index contributed by atoms with van der Waals surface area (Å²) in [6, 6.07) is 7.08. The Hall–Kier alpha value is -1.50. The summed E-state index contributed by atoms with van der Waals surface area (Å²) in [5.41, 5.74) is 5.82. The predicted octanol–water partition coefficient (Wildman–Crippen LogP) is 4.78. The minimum Gasteiger partial charge on any atom is -0.456 e. The van der Waals surface area contributed by atoms with E-state index < -0.39 is 5.82 Å². The van der Waals surface area contributed by atoms with E-state index in [1.165, 1.54) is 18.2 Å². The molecule has 8 heteroatoms. The number of nitrogens with two attached hydrogens (primary N) is 1. The fraction of sp³-hybridized carbons (Fsp3) is 0. The van der Waals surface area contributed by atoms with Gasteiger partial charge < -0.3 is 15.7 Å². The summed E-state index contributed by atoms with van der Waals surface area (Å²) in [5, 5.41) is 11.7. The average Bonchev–Trinajstić information content (AvgIpc) is 2.44. The number of ether oxygens (including phenoxy) is 1. The molecule has 0 fully saturated rings.